The van der Waals surface area contributed by atoms with Crippen LogP contribution in [0.5, 0.6) is 0 Å². The summed E-state index contributed by atoms with van der Waals surface area (Å²) in [5, 5.41) is 33.6. The number of amides is 4. The minimum Gasteiger partial charge on any atom is -0.381 e. The van der Waals surface area contributed by atoms with Gasteiger partial charge in [-0.15, -0.1) is 0 Å². The standard InChI is InChI=1S/C43H51FN8O3.C38H39FN6O4.C5H12N2/c1-4-39-37(40(48-36-12-18-55-19-13-36)38-27-47-52(5-2)41(38)49-39)26-46-43(54)33-11-7-10-32(23-33)42(53)45-25-30-21-34(24-35(44)22-30)31-9-6-8-29(20-31)28-51-16-14-50(3)15-17-51;1-3-34-32(35(43-31-11-13-49-14-12-31)33-22-42-45(4-2)36(33)44-34)21-41-38(48)28-10-6-9-27(18-28)37(47)40-20-25-16-29(19-30(39)17-25)26-8-5-7-24(15-26)23-46;1-7-4-2-6-3-5-7/h6-11,20-24,27,36H,4-5,12-19,25-26,28H2,1-3H3,(H,45,53)(H,46,54)(H,48,49);5-10,15-19,22-23,31H,3-4,11-14,20-21H2,1-2H3,(H,40,47)(H,41,48)(H,43,44);6H,2-5H2,1H3. The van der Waals surface area contributed by atoms with Crippen LogP contribution in [0, 0.1) is 11.6 Å². The first-order chi connectivity index (χ1) is 54.0. The second kappa shape index (κ2) is 38.8. The predicted octanol–water partition coefficient (Wildman–Crippen LogP) is 11.6. The van der Waals surface area contributed by atoms with Crippen LogP contribution in [-0.4, -0.2) is 179 Å². The Hall–Kier alpha value is -10.7. The zero-order valence-corrected chi connectivity index (χ0v) is 64.4. The molecule has 4 aromatic heterocycles. The van der Waals surface area contributed by atoms with Gasteiger partial charge in [0, 0.05) is 187 Å². The molecule has 0 saturated carbocycles. The zero-order chi connectivity index (χ0) is 77.8. The number of nitrogens with one attached hydrogen (secondary N) is 7. The number of aldehydes is 1. The third-order valence-corrected chi connectivity index (χ3v) is 20.8. The molecule has 25 heteroatoms. The number of ether oxygens (including phenoxy) is 2. The second-order valence-electron chi connectivity index (χ2n) is 28.7. The number of aromatic nitrogens is 6. The van der Waals surface area contributed by atoms with Crippen LogP contribution in [0.2, 0.25) is 0 Å². The summed E-state index contributed by atoms with van der Waals surface area (Å²) in [6.45, 7) is 22.8. The van der Waals surface area contributed by atoms with Crippen molar-refractivity contribution in [2.24, 2.45) is 0 Å². The first-order valence-electron chi connectivity index (χ1n) is 38.8. The van der Waals surface area contributed by atoms with Gasteiger partial charge >= 0.3 is 0 Å². The predicted molar refractivity (Wildman–Crippen MR) is 430 cm³/mol. The van der Waals surface area contributed by atoms with Crippen LogP contribution in [0.15, 0.2) is 146 Å². The highest BCUT2D eigenvalue weighted by atomic mass is 19.1. The number of anilines is 2. The molecule has 0 bridgehead atoms. The van der Waals surface area contributed by atoms with Gasteiger partial charge in [-0.1, -0.05) is 62.4 Å². The highest BCUT2D eigenvalue weighted by Gasteiger charge is 2.26. The van der Waals surface area contributed by atoms with Gasteiger partial charge in [0.05, 0.1) is 34.5 Å². The number of hydrogen-bond acceptors (Lipinski definition) is 17. The molecule has 4 fully saturated rings. The topological polar surface area (TPSA) is 259 Å². The van der Waals surface area contributed by atoms with Crippen LogP contribution >= 0.6 is 0 Å². The van der Waals surface area contributed by atoms with Crippen LogP contribution in [-0.2, 0) is 68.1 Å². The van der Waals surface area contributed by atoms with Crippen LogP contribution < -0.4 is 37.2 Å². The Bertz CT molecular complexity index is 4890. The summed E-state index contributed by atoms with van der Waals surface area (Å²) in [5.74, 6) is -2.21. The van der Waals surface area contributed by atoms with E-state index < -0.39 is 11.7 Å². The Kier molecular flexibility index (Phi) is 27.9. The lowest BCUT2D eigenvalue weighted by Crippen LogP contribution is -2.43. The number of hydrogen-bond donors (Lipinski definition) is 7. The molecule has 4 aliphatic rings. The van der Waals surface area contributed by atoms with Gasteiger partial charge < -0.3 is 56.5 Å². The molecule has 10 aromatic rings. The number of benzene rings is 6. The van der Waals surface area contributed by atoms with E-state index in [0.717, 1.165) is 145 Å². The minimum absolute atomic E-state index is 0.0696. The van der Waals surface area contributed by atoms with Gasteiger partial charge in [0.2, 0.25) is 0 Å². The molecule has 582 valence electrons. The fourth-order valence-electron chi connectivity index (χ4n) is 14.4. The van der Waals surface area contributed by atoms with Crippen molar-refractivity contribution >= 4 is 63.4 Å². The molecule has 14 rings (SSSR count). The third-order valence-electron chi connectivity index (χ3n) is 20.8. The number of rotatable bonds is 25. The summed E-state index contributed by atoms with van der Waals surface area (Å²) in [5.41, 5.74) is 14.3. The Balaban J connectivity index is 0.000000190. The molecule has 0 unspecified atom stereocenters. The monoisotopic (exact) mass is 1510 g/mol. The Morgan fingerprint density at radius 1 is 0.486 bits per heavy atom. The van der Waals surface area contributed by atoms with Crippen molar-refractivity contribution in [2.45, 2.75) is 124 Å². The average Bonchev–Trinajstić information content (AvgIpc) is 1.67. The van der Waals surface area contributed by atoms with E-state index in [2.05, 4.69) is 95.3 Å². The molecule has 6 aromatic carbocycles. The summed E-state index contributed by atoms with van der Waals surface area (Å²) in [6, 6.07) is 38.1. The van der Waals surface area contributed by atoms with Crippen LogP contribution in [0.4, 0.5) is 20.2 Å². The number of nitrogens with zero attached hydrogens (tertiary/aromatic N) is 9. The maximum Gasteiger partial charge on any atom is 0.251 e. The summed E-state index contributed by atoms with van der Waals surface area (Å²) in [7, 11) is 4.30. The van der Waals surface area contributed by atoms with Crippen LogP contribution in [0.3, 0.4) is 0 Å². The van der Waals surface area contributed by atoms with Crippen molar-refractivity contribution in [1.29, 1.82) is 0 Å². The summed E-state index contributed by atoms with van der Waals surface area (Å²) in [6.07, 6.45) is 9.31. The first-order valence-corrected chi connectivity index (χ1v) is 38.8. The SMILES string of the molecule is CCc1nc2c(cnn2CC)c(NC2CCOCC2)c1CNC(=O)c1cccc(C(=O)NCc2cc(F)cc(-c3cccc(C=O)c3)c2)c1.CCc1nc2c(cnn2CC)c(NC2CCOCC2)c1CNC(=O)c1cccc(C(=O)NCc2cc(F)cc(-c3cccc(CN4CCN(C)CC4)c3)c2)c1.CN1CCNCC1. The molecule has 0 atom stereocenters. The maximum absolute atomic E-state index is 14.9. The molecular formula is C86H102F2N16O7. The Morgan fingerprint density at radius 3 is 1.32 bits per heavy atom. The van der Waals surface area contributed by atoms with Crippen molar-refractivity contribution in [3.63, 3.8) is 0 Å². The van der Waals surface area contributed by atoms with Gasteiger partial charge in [0.25, 0.3) is 23.6 Å². The molecule has 8 heterocycles. The van der Waals surface area contributed by atoms with Crippen LogP contribution in [0.1, 0.15) is 144 Å². The highest BCUT2D eigenvalue weighted by molar-refractivity contribution is 6.01. The number of halogens is 2. The number of aryl methyl sites for hydroxylation is 4. The molecule has 7 N–H and O–H groups in total. The molecule has 111 heavy (non-hydrogen) atoms. The molecule has 0 aliphatic carbocycles. The van der Waals surface area contributed by atoms with Crippen LogP contribution in [0.25, 0.3) is 44.3 Å². The minimum atomic E-state index is -0.456. The van der Waals surface area contributed by atoms with Crippen molar-refractivity contribution in [1.82, 2.24) is 70.8 Å². The summed E-state index contributed by atoms with van der Waals surface area (Å²) in [4.78, 5) is 81.8. The number of fused-ring (bicyclic) bond motifs is 2. The van der Waals surface area contributed by atoms with E-state index in [-0.39, 0.29) is 61.8 Å². The third kappa shape index (κ3) is 21.1. The molecule has 23 nitrogen and oxygen atoms in total. The van der Waals surface area contributed by atoms with Gasteiger partial charge in [0.1, 0.15) is 17.9 Å². The number of carbonyl (C=O) groups excluding carboxylic acids is 5. The van der Waals surface area contributed by atoms with Crippen molar-refractivity contribution in [2.75, 3.05) is 104 Å². The molecule has 4 amide bonds. The molecule has 4 saturated heterocycles. The van der Waals surface area contributed by atoms with E-state index in [0.29, 0.717) is 102 Å². The van der Waals surface area contributed by atoms with Gasteiger partial charge in [-0.3, -0.25) is 28.9 Å². The normalized spacial score (nSPS) is 15.2. The van der Waals surface area contributed by atoms with E-state index in [1.54, 1.807) is 78.9 Å². The average molecular weight is 1510 g/mol. The van der Waals surface area contributed by atoms with E-state index >= 15 is 0 Å². The van der Waals surface area contributed by atoms with Crippen molar-refractivity contribution in [3.8, 4) is 22.3 Å². The number of piperazine rings is 2. The quantitative estimate of drug-likeness (QED) is 0.0262. The van der Waals surface area contributed by atoms with Crippen molar-refractivity contribution < 1.29 is 42.2 Å². The lowest BCUT2D eigenvalue weighted by molar-refractivity contribution is 0.0903. The van der Waals surface area contributed by atoms with E-state index in [9.17, 15) is 32.8 Å². The van der Waals surface area contributed by atoms with Gasteiger partial charge in [-0.05, 0) is 190 Å². The fourth-order valence-corrected chi connectivity index (χ4v) is 14.4. The number of pyridine rings is 2. The second-order valence-corrected chi connectivity index (χ2v) is 28.7. The smallest absolute Gasteiger partial charge is 0.251 e. The molecule has 4 aliphatic heterocycles. The molecule has 0 radical (unpaired) electrons. The molecular weight excluding hydrogens is 1410 g/mol. The van der Waals surface area contributed by atoms with Gasteiger partial charge in [-0.2, -0.15) is 10.2 Å². The largest absolute Gasteiger partial charge is 0.381 e. The first kappa shape index (κ1) is 79.9. The fraction of sp³-hybridized carbons (Fsp3) is 0.384. The lowest BCUT2D eigenvalue weighted by atomic mass is 10.0. The maximum atomic E-state index is 14.9. The number of carbonyl (C=O) groups is 5. The van der Waals surface area contributed by atoms with E-state index in [4.69, 9.17) is 19.4 Å². The van der Waals surface area contributed by atoms with E-state index in [1.165, 1.54) is 42.9 Å². The zero-order valence-electron chi connectivity index (χ0n) is 64.4. The summed E-state index contributed by atoms with van der Waals surface area (Å²) < 4.78 is 44.4. The Labute approximate surface area is 647 Å². The molecule has 0 spiro atoms. The lowest BCUT2D eigenvalue weighted by Gasteiger charge is -2.32. The highest BCUT2D eigenvalue weighted by Crippen LogP contribution is 2.34. The van der Waals surface area contributed by atoms with Gasteiger partial charge in [0.15, 0.2) is 11.3 Å². The summed E-state index contributed by atoms with van der Waals surface area (Å²) >= 11 is 0. The van der Waals surface area contributed by atoms with E-state index in [1.807, 2.05) is 60.7 Å². The Morgan fingerprint density at radius 2 is 0.901 bits per heavy atom. The van der Waals surface area contributed by atoms with Crippen molar-refractivity contribution in [3.05, 3.63) is 225 Å². The number of likely N-dealkylation sites (N-methyl/N-ethyl adjacent to an activating group) is 2. The van der Waals surface area contributed by atoms with Gasteiger partial charge in [-0.25, -0.2) is 28.1 Å².